The summed E-state index contributed by atoms with van der Waals surface area (Å²) in [6.45, 7) is 12.4. The summed E-state index contributed by atoms with van der Waals surface area (Å²) >= 11 is 5.17. The van der Waals surface area contributed by atoms with Crippen LogP contribution in [0.25, 0.3) is 33.4 Å². The predicted molar refractivity (Wildman–Crippen MR) is 297 cm³/mol. The Balaban J connectivity index is 0.000000181. The zero-order chi connectivity index (χ0) is 51.3. The molecule has 9 aromatic rings. The van der Waals surface area contributed by atoms with Crippen molar-refractivity contribution in [3.63, 3.8) is 0 Å². The fourth-order valence-corrected chi connectivity index (χ4v) is 11.3. The van der Waals surface area contributed by atoms with E-state index in [0.29, 0.717) is 16.7 Å². The van der Waals surface area contributed by atoms with E-state index in [1.807, 2.05) is 98.8 Å². The lowest BCUT2D eigenvalue weighted by Crippen LogP contribution is -2.07. The van der Waals surface area contributed by atoms with E-state index in [4.69, 9.17) is 0 Å². The molecule has 0 aromatic heterocycles. The first kappa shape index (κ1) is 52.3. The van der Waals surface area contributed by atoms with Crippen molar-refractivity contribution in [2.45, 2.75) is 70.9 Å². The number of rotatable bonds is 12. The van der Waals surface area contributed by atoms with Crippen molar-refractivity contribution in [2.75, 3.05) is 0 Å². The van der Waals surface area contributed by atoms with Gasteiger partial charge in [-0.05, 0) is 175 Å². The standard InChI is InChI=1S/C32H30O4S.C19H14O2S.C12H10S/c1-17-15-16-18(2)29(19(17)3)37-30-21(5)20(4)27(23-11-7-9-13-25(23)31(33)34)28(22(30)6)24-12-8-10-14-26(24)32(35)36;20-19(21)18-9-5-4-8-17(18)14-10-12-16(13-11-14)22-15-6-2-1-3-7-15;1-3-7-11(8-4-1)13-12-9-5-2-6-10-12/h7-16H,1-6H3,(H,33,34)(H,35,36);1-13H,(H,20,21);1-10H. The Labute approximate surface area is 434 Å². The molecule has 0 saturated heterocycles. The van der Waals surface area contributed by atoms with Gasteiger partial charge >= 0.3 is 17.9 Å². The van der Waals surface area contributed by atoms with Gasteiger partial charge in [0.2, 0.25) is 0 Å². The minimum absolute atomic E-state index is 0.182. The molecule has 9 rings (SSSR count). The summed E-state index contributed by atoms with van der Waals surface area (Å²) < 4.78 is 0. The van der Waals surface area contributed by atoms with Crippen molar-refractivity contribution in [3.8, 4) is 33.4 Å². The second-order valence-corrected chi connectivity index (χ2v) is 20.2. The number of aryl methyl sites for hydroxylation is 2. The average Bonchev–Trinajstić information content (AvgIpc) is 3.40. The van der Waals surface area contributed by atoms with Gasteiger partial charge in [-0.2, -0.15) is 0 Å². The number of hydrogen-bond acceptors (Lipinski definition) is 6. The summed E-state index contributed by atoms with van der Waals surface area (Å²) in [5, 5.41) is 29.3. The minimum atomic E-state index is -1.02. The van der Waals surface area contributed by atoms with E-state index in [2.05, 4.69) is 100 Å². The second-order valence-electron chi connectivity index (χ2n) is 16.9. The Morgan fingerprint density at radius 3 is 1.08 bits per heavy atom. The summed E-state index contributed by atoms with van der Waals surface area (Å²) in [6, 6.07) is 64.1. The highest BCUT2D eigenvalue weighted by molar-refractivity contribution is 8.00. The largest absolute Gasteiger partial charge is 0.478 e. The van der Waals surface area contributed by atoms with Gasteiger partial charge in [-0.15, -0.1) is 0 Å². The summed E-state index contributed by atoms with van der Waals surface area (Å²) in [6.07, 6.45) is 0. The van der Waals surface area contributed by atoms with E-state index in [-0.39, 0.29) is 11.1 Å². The van der Waals surface area contributed by atoms with Gasteiger partial charge in [-0.25, -0.2) is 14.4 Å². The Morgan fingerprint density at radius 1 is 0.306 bits per heavy atom. The first-order valence-electron chi connectivity index (χ1n) is 23.2. The molecule has 0 unspecified atom stereocenters. The van der Waals surface area contributed by atoms with Gasteiger partial charge in [0.15, 0.2) is 0 Å². The number of carboxylic acid groups (broad SMARTS) is 3. The molecule has 3 N–H and O–H groups in total. The van der Waals surface area contributed by atoms with Gasteiger partial charge in [0, 0.05) is 29.4 Å². The lowest BCUT2D eigenvalue weighted by atomic mass is 9.82. The molecule has 0 fully saturated rings. The first-order chi connectivity index (χ1) is 34.7. The van der Waals surface area contributed by atoms with Crippen LogP contribution in [0.15, 0.2) is 230 Å². The summed E-state index contributed by atoms with van der Waals surface area (Å²) in [5.41, 5.74) is 11.5. The van der Waals surface area contributed by atoms with Crippen LogP contribution < -0.4 is 0 Å². The van der Waals surface area contributed by atoms with Gasteiger partial charge in [-0.3, -0.25) is 0 Å². The van der Waals surface area contributed by atoms with Crippen molar-refractivity contribution in [2.24, 2.45) is 0 Å². The molecule has 72 heavy (non-hydrogen) atoms. The Bertz CT molecular complexity index is 3320. The molecule has 0 spiro atoms. The Morgan fingerprint density at radius 2 is 0.653 bits per heavy atom. The molecule has 0 aliphatic carbocycles. The third kappa shape index (κ3) is 12.7. The van der Waals surface area contributed by atoms with Crippen LogP contribution in [0.2, 0.25) is 0 Å². The van der Waals surface area contributed by atoms with Crippen LogP contribution in [0.1, 0.15) is 64.5 Å². The molecular weight excluding hydrogens is 949 g/mol. The van der Waals surface area contributed by atoms with Crippen molar-refractivity contribution in [1.82, 2.24) is 0 Å². The van der Waals surface area contributed by atoms with Crippen LogP contribution in [0.4, 0.5) is 0 Å². The lowest BCUT2D eigenvalue weighted by Gasteiger charge is -2.25. The molecule has 6 nitrogen and oxygen atoms in total. The zero-order valence-corrected chi connectivity index (χ0v) is 43.3. The van der Waals surface area contributed by atoms with Crippen molar-refractivity contribution < 1.29 is 29.7 Å². The minimum Gasteiger partial charge on any atom is -0.478 e. The van der Waals surface area contributed by atoms with Gasteiger partial charge in [0.1, 0.15) is 0 Å². The molecule has 0 heterocycles. The van der Waals surface area contributed by atoms with Gasteiger partial charge < -0.3 is 15.3 Å². The average molecular weight is 1000 g/mol. The number of carbonyl (C=O) groups is 3. The van der Waals surface area contributed by atoms with E-state index < -0.39 is 17.9 Å². The molecule has 0 radical (unpaired) electrons. The molecule has 360 valence electrons. The summed E-state index contributed by atoms with van der Waals surface area (Å²) in [5.74, 6) is -2.95. The first-order valence-corrected chi connectivity index (χ1v) is 25.7. The maximum atomic E-state index is 12.3. The number of benzene rings is 9. The summed E-state index contributed by atoms with van der Waals surface area (Å²) in [4.78, 5) is 42.9. The van der Waals surface area contributed by atoms with E-state index in [0.717, 1.165) is 48.7 Å². The molecule has 0 amide bonds. The molecule has 0 saturated carbocycles. The molecular formula is C63H54O6S3. The SMILES string of the molecule is Cc1ccc(C)c(Sc2c(C)c(C)c(-c3ccccc3C(=O)O)c(-c3ccccc3C(=O)O)c2C)c1C.O=C(O)c1ccccc1-c1ccc(Sc2ccccc2)cc1.c1ccc(Sc2ccccc2)cc1. The smallest absolute Gasteiger partial charge is 0.336 e. The number of hydrogen-bond donors (Lipinski definition) is 3. The number of aromatic carboxylic acids is 3. The third-order valence-electron chi connectivity index (χ3n) is 12.2. The maximum absolute atomic E-state index is 12.3. The molecule has 0 atom stereocenters. The van der Waals surface area contributed by atoms with Gasteiger partial charge in [-0.1, -0.05) is 169 Å². The van der Waals surface area contributed by atoms with E-state index in [9.17, 15) is 29.7 Å². The van der Waals surface area contributed by atoms with Crippen LogP contribution in [0, 0.1) is 41.5 Å². The van der Waals surface area contributed by atoms with Crippen LogP contribution in [-0.2, 0) is 0 Å². The molecule has 0 bridgehead atoms. The second kappa shape index (κ2) is 24.5. The van der Waals surface area contributed by atoms with Crippen LogP contribution in [0.3, 0.4) is 0 Å². The van der Waals surface area contributed by atoms with E-state index in [1.54, 1.807) is 77.8 Å². The van der Waals surface area contributed by atoms with Crippen LogP contribution >= 0.6 is 35.3 Å². The summed E-state index contributed by atoms with van der Waals surface area (Å²) in [7, 11) is 0. The monoisotopic (exact) mass is 1000 g/mol. The highest BCUT2D eigenvalue weighted by Gasteiger charge is 2.26. The van der Waals surface area contributed by atoms with E-state index >= 15 is 0 Å². The van der Waals surface area contributed by atoms with Crippen molar-refractivity contribution >= 4 is 53.2 Å². The Kier molecular flexibility index (Phi) is 17.8. The van der Waals surface area contributed by atoms with Crippen LogP contribution in [0.5, 0.6) is 0 Å². The third-order valence-corrected chi connectivity index (χ3v) is 15.9. The van der Waals surface area contributed by atoms with Crippen molar-refractivity contribution in [1.29, 1.82) is 0 Å². The maximum Gasteiger partial charge on any atom is 0.336 e. The predicted octanol–water partition coefficient (Wildman–Crippen LogP) is 17.5. The molecule has 0 aliphatic rings. The zero-order valence-electron chi connectivity index (χ0n) is 40.8. The quantitative estimate of drug-likeness (QED) is 0.110. The molecule has 9 aromatic carbocycles. The number of carboxylic acids is 3. The molecule has 9 heteroatoms. The van der Waals surface area contributed by atoms with Crippen molar-refractivity contribution in [3.05, 3.63) is 250 Å². The lowest BCUT2D eigenvalue weighted by molar-refractivity contribution is 0.0686. The van der Waals surface area contributed by atoms with Gasteiger partial charge in [0.05, 0.1) is 16.7 Å². The topological polar surface area (TPSA) is 112 Å². The van der Waals surface area contributed by atoms with Gasteiger partial charge in [0.25, 0.3) is 0 Å². The highest BCUT2D eigenvalue weighted by Crippen LogP contribution is 2.48. The highest BCUT2D eigenvalue weighted by atomic mass is 32.2. The molecule has 0 aliphatic heterocycles. The normalized spacial score (nSPS) is 10.6. The van der Waals surface area contributed by atoms with Crippen LogP contribution in [-0.4, -0.2) is 33.2 Å². The fourth-order valence-electron chi connectivity index (χ4n) is 8.28. The Hall–Kier alpha value is -7.56. The fraction of sp³-hybridized carbons (Fsp3) is 0.0952. The van der Waals surface area contributed by atoms with E-state index in [1.165, 1.54) is 36.3 Å².